The second kappa shape index (κ2) is 7.25. The van der Waals surface area contributed by atoms with Crippen molar-refractivity contribution in [1.82, 2.24) is 20.2 Å². The first-order chi connectivity index (χ1) is 13.2. The van der Waals surface area contributed by atoms with Gasteiger partial charge in [-0.1, -0.05) is 54.6 Å². The van der Waals surface area contributed by atoms with E-state index >= 15 is 0 Å². The molecule has 0 aliphatic carbocycles. The van der Waals surface area contributed by atoms with E-state index in [1.54, 1.807) is 19.2 Å². The third-order valence-corrected chi connectivity index (χ3v) is 4.15. The topological polar surface area (TPSA) is 81.9 Å². The molecule has 1 aromatic heterocycles. The molecule has 0 spiro atoms. The quantitative estimate of drug-likeness (QED) is 0.592. The Bertz CT molecular complexity index is 1100. The zero-order valence-electron chi connectivity index (χ0n) is 14.7. The molecule has 7 nitrogen and oxygen atoms in total. The molecule has 0 aliphatic heterocycles. The van der Waals surface area contributed by atoms with Crippen LogP contribution in [0.4, 0.5) is 5.69 Å². The first kappa shape index (κ1) is 16.7. The van der Waals surface area contributed by atoms with Gasteiger partial charge in [-0.25, -0.2) is 0 Å². The number of rotatable bonds is 5. The number of para-hydroxylation sites is 2. The highest BCUT2D eigenvalue weighted by molar-refractivity contribution is 5.95. The largest absolute Gasteiger partial charge is 0.495 e. The summed E-state index contributed by atoms with van der Waals surface area (Å²) in [5.74, 6) is 0.812. The van der Waals surface area contributed by atoms with Crippen LogP contribution in [0.15, 0.2) is 66.7 Å². The van der Waals surface area contributed by atoms with E-state index in [1.165, 1.54) is 4.80 Å². The number of nitrogens with one attached hydrogen (secondary N) is 1. The third kappa shape index (κ3) is 3.48. The Kier molecular flexibility index (Phi) is 4.49. The number of fused-ring (bicyclic) bond motifs is 1. The van der Waals surface area contributed by atoms with E-state index in [1.807, 2.05) is 54.6 Å². The van der Waals surface area contributed by atoms with Crippen molar-refractivity contribution in [3.8, 4) is 17.1 Å². The lowest BCUT2D eigenvalue weighted by molar-refractivity contribution is -0.117. The van der Waals surface area contributed by atoms with E-state index < -0.39 is 0 Å². The monoisotopic (exact) mass is 359 g/mol. The van der Waals surface area contributed by atoms with Crippen molar-refractivity contribution in [2.24, 2.45) is 0 Å². The van der Waals surface area contributed by atoms with Crippen LogP contribution in [0, 0.1) is 0 Å². The number of carbonyl (C=O) groups is 1. The fourth-order valence-electron chi connectivity index (χ4n) is 2.90. The van der Waals surface area contributed by atoms with E-state index in [0.717, 1.165) is 16.3 Å². The molecule has 0 radical (unpaired) electrons. The van der Waals surface area contributed by atoms with Crippen LogP contribution in [0.2, 0.25) is 0 Å². The average molecular weight is 359 g/mol. The van der Waals surface area contributed by atoms with Crippen molar-refractivity contribution < 1.29 is 9.53 Å². The minimum Gasteiger partial charge on any atom is -0.495 e. The highest BCUT2D eigenvalue weighted by Crippen LogP contribution is 2.25. The molecule has 0 unspecified atom stereocenters. The molecule has 0 atom stereocenters. The summed E-state index contributed by atoms with van der Waals surface area (Å²) < 4.78 is 5.23. The fraction of sp³-hybridized carbons (Fsp3) is 0.100. The van der Waals surface area contributed by atoms with Crippen molar-refractivity contribution in [3.63, 3.8) is 0 Å². The van der Waals surface area contributed by atoms with Crippen molar-refractivity contribution in [1.29, 1.82) is 0 Å². The van der Waals surface area contributed by atoms with Crippen LogP contribution in [0.5, 0.6) is 5.75 Å². The Labute approximate surface area is 155 Å². The van der Waals surface area contributed by atoms with E-state index in [2.05, 4.69) is 20.7 Å². The Morgan fingerprint density at radius 3 is 2.70 bits per heavy atom. The number of aromatic nitrogens is 4. The van der Waals surface area contributed by atoms with Crippen LogP contribution in [0.25, 0.3) is 22.2 Å². The minimum atomic E-state index is -0.263. The first-order valence-corrected chi connectivity index (χ1v) is 8.43. The van der Waals surface area contributed by atoms with Gasteiger partial charge in [-0.15, -0.1) is 10.2 Å². The Morgan fingerprint density at radius 1 is 1.04 bits per heavy atom. The number of tetrazole rings is 1. The van der Waals surface area contributed by atoms with Crippen molar-refractivity contribution in [2.75, 3.05) is 12.4 Å². The third-order valence-electron chi connectivity index (χ3n) is 4.15. The van der Waals surface area contributed by atoms with E-state index in [-0.39, 0.29) is 12.5 Å². The van der Waals surface area contributed by atoms with Gasteiger partial charge in [0, 0.05) is 5.56 Å². The number of hydrogen-bond acceptors (Lipinski definition) is 5. The second-order valence-corrected chi connectivity index (χ2v) is 5.92. The van der Waals surface area contributed by atoms with Crippen LogP contribution < -0.4 is 10.1 Å². The molecule has 0 saturated carbocycles. The van der Waals surface area contributed by atoms with Crippen molar-refractivity contribution in [3.05, 3.63) is 66.7 Å². The van der Waals surface area contributed by atoms with Crippen LogP contribution in [0.1, 0.15) is 0 Å². The molecular weight excluding hydrogens is 342 g/mol. The maximum Gasteiger partial charge on any atom is 0.248 e. The average Bonchev–Trinajstić information content (AvgIpc) is 3.16. The molecule has 4 rings (SSSR count). The molecule has 27 heavy (non-hydrogen) atoms. The van der Waals surface area contributed by atoms with Gasteiger partial charge in [-0.05, 0) is 28.1 Å². The van der Waals surface area contributed by atoms with Crippen LogP contribution in [0.3, 0.4) is 0 Å². The van der Waals surface area contributed by atoms with E-state index in [9.17, 15) is 4.79 Å². The molecule has 1 heterocycles. The summed E-state index contributed by atoms with van der Waals surface area (Å²) in [6, 6.07) is 21.1. The van der Waals surface area contributed by atoms with Crippen LogP contribution in [-0.2, 0) is 11.3 Å². The van der Waals surface area contributed by atoms with Gasteiger partial charge in [0.15, 0.2) is 0 Å². The number of nitrogens with zero attached hydrogens (tertiary/aromatic N) is 4. The number of amides is 1. The van der Waals surface area contributed by atoms with Crippen LogP contribution >= 0.6 is 0 Å². The van der Waals surface area contributed by atoms with E-state index in [4.69, 9.17) is 4.74 Å². The number of ether oxygens (including phenoxy) is 1. The smallest absolute Gasteiger partial charge is 0.248 e. The molecule has 0 bridgehead atoms. The summed E-state index contributed by atoms with van der Waals surface area (Å²) >= 11 is 0. The molecule has 7 heteroatoms. The van der Waals surface area contributed by atoms with Gasteiger partial charge in [0.1, 0.15) is 12.3 Å². The number of methoxy groups -OCH3 is 1. The Morgan fingerprint density at radius 2 is 1.81 bits per heavy atom. The SMILES string of the molecule is COc1ccccc1NC(=O)Cn1nnc(-c2cccc3ccccc23)n1. The standard InChI is InChI=1S/C20H17N5O2/c1-27-18-12-5-4-11-17(18)21-19(26)13-25-23-20(22-24-25)16-10-6-8-14-7-2-3-9-15(14)16/h2-12H,13H2,1H3,(H,21,26). The summed E-state index contributed by atoms with van der Waals surface area (Å²) in [5, 5.41) is 17.4. The Balaban J connectivity index is 1.53. The number of anilines is 1. The molecular formula is C20H17N5O2. The predicted molar refractivity (Wildman–Crippen MR) is 102 cm³/mol. The number of carbonyl (C=O) groups excluding carboxylic acids is 1. The summed E-state index contributed by atoms with van der Waals surface area (Å²) in [5.41, 5.74) is 1.48. The molecule has 4 aromatic rings. The zero-order valence-corrected chi connectivity index (χ0v) is 14.7. The van der Waals surface area contributed by atoms with Gasteiger partial charge in [0.05, 0.1) is 12.8 Å². The highest BCUT2D eigenvalue weighted by Gasteiger charge is 2.13. The molecule has 134 valence electrons. The van der Waals surface area contributed by atoms with E-state index in [0.29, 0.717) is 17.3 Å². The predicted octanol–water partition coefficient (Wildman–Crippen LogP) is 3.14. The molecule has 1 N–H and O–H groups in total. The Hall–Kier alpha value is -3.74. The van der Waals surface area contributed by atoms with Crippen LogP contribution in [-0.4, -0.2) is 33.2 Å². The molecule has 1 amide bonds. The maximum absolute atomic E-state index is 12.3. The van der Waals surface area contributed by atoms with Gasteiger partial charge < -0.3 is 10.1 Å². The molecule has 0 aliphatic rings. The number of hydrogen-bond donors (Lipinski definition) is 1. The molecule has 3 aromatic carbocycles. The van der Waals surface area contributed by atoms with Gasteiger partial charge >= 0.3 is 0 Å². The molecule has 0 fully saturated rings. The fourth-order valence-corrected chi connectivity index (χ4v) is 2.90. The number of benzene rings is 3. The van der Waals surface area contributed by atoms with Gasteiger partial charge in [0.25, 0.3) is 0 Å². The summed E-state index contributed by atoms with van der Waals surface area (Å²) in [6.07, 6.45) is 0. The normalized spacial score (nSPS) is 10.7. The summed E-state index contributed by atoms with van der Waals surface area (Å²) in [6.45, 7) is -0.0458. The second-order valence-electron chi connectivity index (χ2n) is 5.92. The van der Waals surface area contributed by atoms with Gasteiger partial charge in [-0.2, -0.15) is 4.80 Å². The lowest BCUT2D eigenvalue weighted by Gasteiger charge is -2.09. The first-order valence-electron chi connectivity index (χ1n) is 8.43. The summed E-state index contributed by atoms with van der Waals surface area (Å²) in [4.78, 5) is 13.6. The summed E-state index contributed by atoms with van der Waals surface area (Å²) in [7, 11) is 1.56. The van der Waals surface area contributed by atoms with Gasteiger partial charge in [-0.3, -0.25) is 4.79 Å². The van der Waals surface area contributed by atoms with Crippen molar-refractivity contribution >= 4 is 22.4 Å². The highest BCUT2D eigenvalue weighted by atomic mass is 16.5. The van der Waals surface area contributed by atoms with Gasteiger partial charge in [0.2, 0.25) is 11.7 Å². The lowest BCUT2D eigenvalue weighted by atomic mass is 10.0. The molecule has 0 saturated heterocycles. The maximum atomic E-state index is 12.3. The zero-order chi connectivity index (χ0) is 18.6. The lowest BCUT2D eigenvalue weighted by Crippen LogP contribution is -2.20. The minimum absolute atomic E-state index is 0.0458. The van der Waals surface area contributed by atoms with Crippen molar-refractivity contribution in [2.45, 2.75) is 6.54 Å².